The third kappa shape index (κ3) is 3.10. The van der Waals surface area contributed by atoms with E-state index in [4.69, 9.17) is 5.11 Å². The quantitative estimate of drug-likeness (QED) is 0.808. The highest BCUT2D eigenvalue weighted by molar-refractivity contribution is 5.84. The van der Waals surface area contributed by atoms with Gasteiger partial charge in [0.2, 0.25) is 5.91 Å². The van der Waals surface area contributed by atoms with E-state index in [-0.39, 0.29) is 24.5 Å². The summed E-state index contributed by atoms with van der Waals surface area (Å²) in [6.45, 7) is 1.98. The molecule has 2 N–H and O–H groups in total. The van der Waals surface area contributed by atoms with Gasteiger partial charge < -0.3 is 10.4 Å². The van der Waals surface area contributed by atoms with Crippen molar-refractivity contribution < 1.29 is 9.90 Å². The molecule has 1 amide bonds. The second kappa shape index (κ2) is 6.01. The summed E-state index contributed by atoms with van der Waals surface area (Å²) in [7, 11) is 0. The third-order valence-corrected chi connectivity index (χ3v) is 3.59. The predicted octanol–water partition coefficient (Wildman–Crippen LogP) is 2.07. The van der Waals surface area contributed by atoms with Crippen LogP contribution < -0.4 is 5.32 Å². The molecule has 0 aromatic heterocycles. The summed E-state index contributed by atoms with van der Waals surface area (Å²) >= 11 is 0. The Morgan fingerprint density at radius 3 is 2.56 bits per heavy atom. The van der Waals surface area contributed by atoms with Crippen LogP contribution >= 0.6 is 0 Å². The number of hydrogen-bond acceptors (Lipinski definition) is 2. The summed E-state index contributed by atoms with van der Waals surface area (Å²) in [5.74, 6) is 0.486. The van der Waals surface area contributed by atoms with E-state index in [1.807, 2.05) is 37.3 Å². The van der Waals surface area contributed by atoms with E-state index in [0.717, 1.165) is 24.8 Å². The van der Waals surface area contributed by atoms with Gasteiger partial charge in [0.05, 0.1) is 18.6 Å². The molecule has 98 valence electrons. The lowest BCUT2D eigenvalue weighted by molar-refractivity contribution is -0.124. The van der Waals surface area contributed by atoms with E-state index in [9.17, 15) is 4.79 Å². The lowest BCUT2D eigenvalue weighted by Crippen LogP contribution is -2.40. The van der Waals surface area contributed by atoms with Crippen molar-refractivity contribution in [3.05, 3.63) is 35.9 Å². The van der Waals surface area contributed by atoms with Crippen LogP contribution in [0, 0.1) is 5.92 Å². The van der Waals surface area contributed by atoms with Crippen molar-refractivity contribution in [2.45, 2.75) is 38.1 Å². The predicted molar refractivity (Wildman–Crippen MR) is 71.2 cm³/mol. The van der Waals surface area contributed by atoms with Crippen LogP contribution in [0.15, 0.2) is 30.3 Å². The van der Waals surface area contributed by atoms with E-state index in [0.29, 0.717) is 5.92 Å². The molecule has 0 saturated heterocycles. The maximum Gasteiger partial charge on any atom is 0.228 e. The number of nitrogens with one attached hydrogen (secondary N) is 1. The molecular formula is C15H21NO2. The van der Waals surface area contributed by atoms with Crippen LogP contribution in [0.25, 0.3) is 0 Å². The van der Waals surface area contributed by atoms with Crippen molar-refractivity contribution in [3.8, 4) is 0 Å². The van der Waals surface area contributed by atoms with Crippen molar-refractivity contribution in [3.63, 3.8) is 0 Å². The Balaban J connectivity index is 2.08. The molecule has 1 fully saturated rings. The molecule has 2 rings (SSSR count). The van der Waals surface area contributed by atoms with Gasteiger partial charge >= 0.3 is 0 Å². The fourth-order valence-electron chi connectivity index (χ4n) is 2.30. The minimum absolute atomic E-state index is 0.00835. The van der Waals surface area contributed by atoms with Crippen molar-refractivity contribution in [1.29, 1.82) is 0 Å². The maximum atomic E-state index is 12.3. The summed E-state index contributed by atoms with van der Waals surface area (Å²) in [6.07, 6.45) is 3.01. The Kier molecular flexibility index (Phi) is 4.37. The van der Waals surface area contributed by atoms with Gasteiger partial charge in [0.15, 0.2) is 0 Å². The highest BCUT2D eigenvalue weighted by Gasteiger charge is 2.37. The van der Waals surface area contributed by atoms with Crippen LogP contribution in [-0.4, -0.2) is 23.7 Å². The van der Waals surface area contributed by atoms with Gasteiger partial charge in [0, 0.05) is 0 Å². The van der Waals surface area contributed by atoms with Gasteiger partial charge in [-0.05, 0) is 30.7 Å². The Labute approximate surface area is 108 Å². The van der Waals surface area contributed by atoms with E-state index in [1.165, 1.54) is 0 Å². The van der Waals surface area contributed by atoms with Crippen LogP contribution in [-0.2, 0) is 4.79 Å². The number of benzene rings is 1. The van der Waals surface area contributed by atoms with E-state index in [1.54, 1.807) is 0 Å². The number of aliphatic hydroxyl groups excluding tert-OH is 1. The van der Waals surface area contributed by atoms with Gasteiger partial charge in [-0.1, -0.05) is 37.3 Å². The van der Waals surface area contributed by atoms with Crippen LogP contribution in [0.3, 0.4) is 0 Å². The number of hydrogen-bond donors (Lipinski definition) is 2. The van der Waals surface area contributed by atoms with E-state index in [2.05, 4.69) is 5.32 Å². The molecule has 0 heterocycles. The zero-order valence-corrected chi connectivity index (χ0v) is 10.8. The van der Waals surface area contributed by atoms with E-state index >= 15 is 0 Å². The molecule has 1 saturated carbocycles. The third-order valence-electron chi connectivity index (χ3n) is 3.59. The summed E-state index contributed by atoms with van der Waals surface area (Å²) in [5.41, 5.74) is 1.09. The molecule has 2 atom stereocenters. The van der Waals surface area contributed by atoms with Crippen LogP contribution in [0.1, 0.15) is 37.7 Å². The Hall–Kier alpha value is -1.35. The molecular weight excluding hydrogens is 226 g/mol. The maximum absolute atomic E-state index is 12.3. The minimum atomic E-state index is -0.123. The highest BCUT2D eigenvalue weighted by atomic mass is 16.3. The van der Waals surface area contributed by atoms with Crippen LogP contribution in [0.5, 0.6) is 0 Å². The fraction of sp³-hybridized carbons (Fsp3) is 0.533. The first kappa shape index (κ1) is 13.1. The largest absolute Gasteiger partial charge is 0.394 e. The van der Waals surface area contributed by atoms with Crippen LogP contribution in [0.2, 0.25) is 0 Å². The summed E-state index contributed by atoms with van der Waals surface area (Å²) in [6, 6.07) is 9.82. The number of aliphatic hydroxyl groups is 1. The molecule has 1 aromatic carbocycles. The van der Waals surface area contributed by atoms with Crippen molar-refractivity contribution in [1.82, 2.24) is 5.32 Å². The second-order valence-electron chi connectivity index (χ2n) is 5.02. The molecule has 0 spiro atoms. The molecule has 1 aliphatic carbocycles. The topological polar surface area (TPSA) is 49.3 Å². The van der Waals surface area contributed by atoms with Crippen molar-refractivity contribution in [2.75, 3.05) is 6.61 Å². The first-order valence-corrected chi connectivity index (χ1v) is 6.72. The summed E-state index contributed by atoms with van der Waals surface area (Å²) in [5, 5.41) is 12.1. The Morgan fingerprint density at radius 1 is 1.39 bits per heavy atom. The standard InChI is InChI=1S/C15H21NO2/c1-2-13(10-17)16-15(18)14(12-8-9-12)11-6-4-3-5-7-11/h3-7,12-14,17H,2,8-10H2,1H3,(H,16,18)/t13-,14-/m0/s1. The molecule has 1 aromatic rings. The normalized spacial score (nSPS) is 18.1. The van der Waals surface area contributed by atoms with Crippen LogP contribution in [0.4, 0.5) is 0 Å². The van der Waals surface area contributed by atoms with Gasteiger partial charge in [0.25, 0.3) is 0 Å². The molecule has 18 heavy (non-hydrogen) atoms. The SMILES string of the molecule is CC[C@@H](CO)NC(=O)[C@@H](c1ccccc1)C1CC1. The number of carbonyl (C=O) groups is 1. The summed E-state index contributed by atoms with van der Waals surface area (Å²) in [4.78, 5) is 12.3. The summed E-state index contributed by atoms with van der Waals surface area (Å²) < 4.78 is 0. The molecule has 0 aliphatic heterocycles. The zero-order valence-electron chi connectivity index (χ0n) is 10.8. The smallest absolute Gasteiger partial charge is 0.228 e. The Morgan fingerprint density at radius 2 is 2.06 bits per heavy atom. The monoisotopic (exact) mass is 247 g/mol. The first-order valence-electron chi connectivity index (χ1n) is 6.72. The van der Waals surface area contributed by atoms with Gasteiger partial charge in [-0.2, -0.15) is 0 Å². The average Bonchev–Trinajstić information content (AvgIpc) is 3.22. The number of rotatable bonds is 6. The molecule has 3 nitrogen and oxygen atoms in total. The highest BCUT2D eigenvalue weighted by Crippen LogP contribution is 2.42. The average molecular weight is 247 g/mol. The first-order chi connectivity index (χ1) is 8.76. The van der Waals surface area contributed by atoms with Crippen molar-refractivity contribution in [2.24, 2.45) is 5.92 Å². The fourth-order valence-corrected chi connectivity index (χ4v) is 2.30. The molecule has 0 unspecified atom stereocenters. The molecule has 3 heteroatoms. The second-order valence-corrected chi connectivity index (χ2v) is 5.02. The lowest BCUT2D eigenvalue weighted by atomic mass is 9.93. The van der Waals surface area contributed by atoms with Gasteiger partial charge in [-0.15, -0.1) is 0 Å². The molecule has 0 radical (unpaired) electrons. The van der Waals surface area contributed by atoms with E-state index < -0.39 is 0 Å². The Bertz CT molecular complexity index is 383. The van der Waals surface area contributed by atoms with Gasteiger partial charge in [-0.3, -0.25) is 4.79 Å². The number of amides is 1. The molecule has 0 bridgehead atoms. The van der Waals surface area contributed by atoms with Gasteiger partial charge in [0.1, 0.15) is 0 Å². The zero-order chi connectivity index (χ0) is 13.0. The lowest BCUT2D eigenvalue weighted by Gasteiger charge is -2.20. The molecule has 1 aliphatic rings. The number of carbonyl (C=O) groups excluding carboxylic acids is 1. The van der Waals surface area contributed by atoms with Crippen molar-refractivity contribution >= 4 is 5.91 Å². The van der Waals surface area contributed by atoms with Gasteiger partial charge in [-0.25, -0.2) is 0 Å². The minimum Gasteiger partial charge on any atom is -0.394 e.